The summed E-state index contributed by atoms with van der Waals surface area (Å²) >= 11 is 0. The lowest BCUT2D eigenvalue weighted by atomic mass is 9.48. The molecule has 2 saturated carbocycles. The van der Waals surface area contributed by atoms with Gasteiger partial charge in [0.25, 0.3) is 0 Å². The van der Waals surface area contributed by atoms with Crippen molar-refractivity contribution in [3.63, 3.8) is 0 Å². The fraction of sp³-hybridized carbons (Fsp3) is 0.938. The lowest BCUT2D eigenvalue weighted by molar-refractivity contribution is -0.176. The number of nitrogens with one attached hydrogen (secondary N) is 1. The molecule has 4 nitrogen and oxygen atoms in total. The third kappa shape index (κ3) is 1.77. The highest BCUT2D eigenvalue weighted by molar-refractivity contribution is 5.89. The predicted octanol–water partition coefficient (Wildman–Crippen LogP) is 1.82. The quantitative estimate of drug-likeness (QED) is 0.811. The molecule has 2 aliphatic carbocycles. The molecule has 3 N–H and O–H groups in total. The van der Waals surface area contributed by atoms with E-state index in [0.717, 1.165) is 25.9 Å². The summed E-state index contributed by atoms with van der Waals surface area (Å²) in [5.74, 6) is 0.226. The van der Waals surface area contributed by atoms with E-state index in [1.165, 1.54) is 6.42 Å². The first-order valence-electron chi connectivity index (χ1n) is 7.90. The van der Waals surface area contributed by atoms with Crippen LogP contribution in [0.1, 0.15) is 53.4 Å². The third-order valence-electron chi connectivity index (χ3n) is 6.13. The molecule has 4 heteroatoms. The first-order chi connectivity index (χ1) is 9.18. The number of fused-ring (bicyclic) bond motifs is 1. The smallest absolute Gasteiger partial charge is 0.241 e. The molecule has 0 aromatic carbocycles. The van der Waals surface area contributed by atoms with Crippen molar-refractivity contribution in [3.05, 3.63) is 0 Å². The van der Waals surface area contributed by atoms with Crippen LogP contribution in [0, 0.1) is 16.7 Å². The van der Waals surface area contributed by atoms with E-state index < -0.39 is 5.54 Å². The molecule has 1 aliphatic heterocycles. The van der Waals surface area contributed by atoms with Crippen LogP contribution in [0.3, 0.4) is 0 Å². The Morgan fingerprint density at radius 2 is 1.95 bits per heavy atom. The molecule has 4 unspecified atom stereocenters. The lowest BCUT2D eigenvalue weighted by Gasteiger charge is -2.60. The molecule has 0 aromatic rings. The maximum atomic E-state index is 12.8. The summed E-state index contributed by atoms with van der Waals surface area (Å²) in [4.78, 5) is 12.8. The number of rotatable bonds is 2. The summed E-state index contributed by atoms with van der Waals surface area (Å²) in [6.07, 6.45) is 4.36. The number of carbonyl (C=O) groups excluding carboxylic acids is 1. The average molecular weight is 280 g/mol. The van der Waals surface area contributed by atoms with Crippen LogP contribution in [0.15, 0.2) is 0 Å². The summed E-state index contributed by atoms with van der Waals surface area (Å²) in [5.41, 5.74) is 5.87. The minimum Gasteiger partial charge on any atom is -0.377 e. The SMILES string of the molecule is CC1(C)CCC(NC(=O)C2(N)C3CCOC3C2(C)C)C1. The molecule has 114 valence electrons. The first kappa shape index (κ1) is 14.3. The molecule has 0 radical (unpaired) electrons. The third-order valence-corrected chi connectivity index (χ3v) is 6.13. The van der Waals surface area contributed by atoms with Crippen molar-refractivity contribution in [1.82, 2.24) is 5.32 Å². The first-order valence-corrected chi connectivity index (χ1v) is 7.90. The Hall–Kier alpha value is -0.610. The van der Waals surface area contributed by atoms with Crippen LogP contribution in [-0.4, -0.2) is 30.2 Å². The predicted molar refractivity (Wildman–Crippen MR) is 78.1 cm³/mol. The zero-order valence-corrected chi connectivity index (χ0v) is 13.2. The average Bonchev–Trinajstić information content (AvgIpc) is 2.93. The summed E-state index contributed by atoms with van der Waals surface area (Å²) in [5, 5.41) is 3.23. The number of nitrogens with two attached hydrogens (primary N) is 1. The molecule has 20 heavy (non-hydrogen) atoms. The summed E-state index contributed by atoms with van der Waals surface area (Å²) in [7, 11) is 0. The van der Waals surface area contributed by atoms with Gasteiger partial charge in [-0.15, -0.1) is 0 Å². The van der Waals surface area contributed by atoms with E-state index in [-0.39, 0.29) is 29.4 Å². The second-order valence-electron chi connectivity index (χ2n) is 8.35. The Kier molecular flexibility index (Phi) is 3.01. The Morgan fingerprint density at radius 1 is 1.25 bits per heavy atom. The molecule has 3 rings (SSSR count). The molecule has 1 amide bonds. The van der Waals surface area contributed by atoms with Crippen LogP contribution in [0.2, 0.25) is 0 Å². The number of amides is 1. The van der Waals surface area contributed by atoms with Gasteiger partial charge >= 0.3 is 0 Å². The van der Waals surface area contributed by atoms with Crippen molar-refractivity contribution in [2.45, 2.75) is 71.1 Å². The zero-order chi connectivity index (χ0) is 14.8. The Labute approximate surface area is 121 Å². The second-order valence-corrected chi connectivity index (χ2v) is 8.35. The van der Waals surface area contributed by atoms with Gasteiger partial charge in [-0.1, -0.05) is 27.7 Å². The number of ether oxygens (including phenoxy) is 1. The van der Waals surface area contributed by atoms with Gasteiger partial charge in [0.2, 0.25) is 5.91 Å². The monoisotopic (exact) mass is 280 g/mol. The van der Waals surface area contributed by atoms with Crippen molar-refractivity contribution in [1.29, 1.82) is 0 Å². The van der Waals surface area contributed by atoms with Gasteiger partial charge in [-0.3, -0.25) is 4.79 Å². The molecule has 1 saturated heterocycles. The standard InChI is InChI=1S/C16H28N2O2/c1-14(2)7-5-10(9-14)18-13(19)16(17)11-6-8-20-12(11)15(16,3)4/h10-12H,5-9,17H2,1-4H3,(H,18,19). The molecule has 0 aromatic heterocycles. The molecule has 3 aliphatic rings. The van der Waals surface area contributed by atoms with E-state index in [1.54, 1.807) is 0 Å². The van der Waals surface area contributed by atoms with E-state index in [2.05, 4.69) is 33.0 Å². The van der Waals surface area contributed by atoms with E-state index in [1.807, 2.05) is 0 Å². The van der Waals surface area contributed by atoms with Gasteiger partial charge < -0.3 is 15.8 Å². The highest BCUT2D eigenvalue weighted by Gasteiger charge is 2.71. The van der Waals surface area contributed by atoms with Crippen molar-refractivity contribution < 1.29 is 9.53 Å². The second kappa shape index (κ2) is 4.20. The molecular weight excluding hydrogens is 252 g/mol. The summed E-state index contributed by atoms with van der Waals surface area (Å²) in [6.45, 7) is 9.41. The van der Waals surface area contributed by atoms with Gasteiger partial charge in [0.1, 0.15) is 5.54 Å². The van der Waals surface area contributed by atoms with E-state index in [9.17, 15) is 4.79 Å². The van der Waals surface area contributed by atoms with Gasteiger partial charge in [0, 0.05) is 24.0 Å². The fourth-order valence-electron chi connectivity index (χ4n) is 4.71. The van der Waals surface area contributed by atoms with Crippen LogP contribution in [0.4, 0.5) is 0 Å². The van der Waals surface area contributed by atoms with Crippen molar-refractivity contribution in [3.8, 4) is 0 Å². The molecule has 0 bridgehead atoms. The Bertz CT molecular complexity index is 432. The molecular formula is C16H28N2O2. The van der Waals surface area contributed by atoms with Crippen molar-refractivity contribution in [2.24, 2.45) is 22.5 Å². The Morgan fingerprint density at radius 3 is 2.55 bits per heavy atom. The van der Waals surface area contributed by atoms with Crippen LogP contribution in [0.5, 0.6) is 0 Å². The molecule has 0 spiro atoms. The van der Waals surface area contributed by atoms with Crippen LogP contribution >= 0.6 is 0 Å². The van der Waals surface area contributed by atoms with Gasteiger partial charge in [-0.05, 0) is 31.1 Å². The Balaban J connectivity index is 1.71. The summed E-state index contributed by atoms with van der Waals surface area (Å²) in [6, 6.07) is 0.287. The number of hydrogen-bond donors (Lipinski definition) is 2. The maximum Gasteiger partial charge on any atom is 0.241 e. The number of hydrogen-bond acceptors (Lipinski definition) is 3. The highest BCUT2D eigenvalue weighted by atomic mass is 16.5. The zero-order valence-electron chi connectivity index (χ0n) is 13.2. The van der Waals surface area contributed by atoms with Crippen molar-refractivity contribution in [2.75, 3.05) is 6.61 Å². The minimum absolute atomic E-state index is 0.0388. The highest BCUT2D eigenvalue weighted by Crippen LogP contribution is 2.58. The fourth-order valence-corrected chi connectivity index (χ4v) is 4.71. The van der Waals surface area contributed by atoms with Gasteiger partial charge in [-0.25, -0.2) is 0 Å². The largest absolute Gasteiger partial charge is 0.377 e. The summed E-state index contributed by atoms with van der Waals surface area (Å²) < 4.78 is 5.76. The van der Waals surface area contributed by atoms with Crippen LogP contribution in [0.25, 0.3) is 0 Å². The van der Waals surface area contributed by atoms with Crippen molar-refractivity contribution >= 4 is 5.91 Å². The normalized spacial score (nSPS) is 44.8. The minimum atomic E-state index is -0.763. The van der Waals surface area contributed by atoms with E-state index >= 15 is 0 Å². The van der Waals surface area contributed by atoms with Crippen LogP contribution < -0.4 is 11.1 Å². The maximum absolute atomic E-state index is 12.8. The van der Waals surface area contributed by atoms with Gasteiger partial charge in [0.05, 0.1) is 6.10 Å². The number of carbonyl (C=O) groups is 1. The molecule has 1 heterocycles. The van der Waals surface area contributed by atoms with E-state index in [0.29, 0.717) is 5.41 Å². The molecule has 4 atom stereocenters. The van der Waals surface area contributed by atoms with Gasteiger partial charge in [0.15, 0.2) is 0 Å². The molecule has 3 fully saturated rings. The van der Waals surface area contributed by atoms with Gasteiger partial charge in [-0.2, -0.15) is 0 Å². The van der Waals surface area contributed by atoms with E-state index in [4.69, 9.17) is 10.5 Å². The lowest BCUT2D eigenvalue weighted by Crippen LogP contribution is -2.80. The topological polar surface area (TPSA) is 64.4 Å². The van der Waals surface area contributed by atoms with Crippen LogP contribution in [-0.2, 0) is 9.53 Å².